The van der Waals surface area contributed by atoms with Crippen molar-refractivity contribution in [2.75, 3.05) is 6.61 Å². The molecule has 0 saturated heterocycles. The minimum absolute atomic E-state index is 0.223. The van der Waals surface area contributed by atoms with E-state index in [1.807, 2.05) is 30.3 Å². The molecule has 0 fully saturated rings. The second kappa shape index (κ2) is 5.44. The van der Waals surface area contributed by atoms with Gasteiger partial charge in [0.25, 0.3) is 0 Å². The van der Waals surface area contributed by atoms with Crippen LogP contribution in [0.25, 0.3) is 0 Å². The van der Waals surface area contributed by atoms with Crippen molar-refractivity contribution in [2.24, 2.45) is 11.1 Å². The standard InChI is InChI=1S/C13H13NO4/c1-2-17-12(15)11-10(14-18-13(11)16)8-9-6-4-3-5-7-9/h3-7,11H,2,8H2,1H3. The molecule has 0 aliphatic carbocycles. The van der Waals surface area contributed by atoms with Gasteiger partial charge in [0.05, 0.1) is 12.3 Å². The van der Waals surface area contributed by atoms with Crippen molar-refractivity contribution < 1.29 is 19.2 Å². The number of hydrogen-bond acceptors (Lipinski definition) is 5. The van der Waals surface area contributed by atoms with Gasteiger partial charge in [0.2, 0.25) is 0 Å². The van der Waals surface area contributed by atoms with Crippen LogP contribution in [0.3, 0.4) is 0 Å². The predicted octanol–water partition coefficient (Wildman–Crippen LogP) is 1.32. The molecule has 94 valence electrons. The fourth-order valence-electron chi connectivity index (χ4n) is 1.74. The summed E-state index contributed by atoms with van der Waals surface area (Å²) in [6, 6.07) is 9.45. The number of carbonyl (C=O) groups is 2. The second-order valence-electron chi connectivity index (χ2n) is 3.84. The summed E-state index contributed by atoms with van der Waals surface area (Å²) in [4.78, 5) is 27.7. The molecule has 1 unspecified atom stereocenters. The summed E-state index contributed by atoms with van der Waals surface area (Å²) >= 11 is 0. The van der Waals surface area contributed by atoms with Crippen LogP contribution in [0.1, 0.15) is 12.5 Å². The summed E-state index contributed by atoms with van der Waals surface area (Å²) in [6.45, 7) is 1.91. The molecule has 1 heterocycles. The van der Waals surface area contributed by atoms with Crippen molar-refractivity contribution in [3.8, 4) is 0 Å². The SMILES string of the molecule is CCOC(=O)C1C(=O)ON=C1Cc1ccccc1. The molecule has 18 heavy (non-hydrogen) atoms. The van der Waals surface area contributed by atoms with E-state index in [2.05, 4.69) is 9.99 Å². The van der Waals surface area contributed by atoms with E-state index in [0.717, 1.165) is 5.56 Å². The van der Waals surface area contributed by atoms with Crippen molar-refractivity contribution in [1.29, 1.82) is 0 Å². The third-order valence-electron chi connectivity index (χ3n) is 2.57. The minimum Gasteiger partial charge on any atom is -0.465 e. The monoisotopic (exact) mass is 247 g/mol. The van der Waals surface area contributed by atoms with Gasteiger partial charge in [0.15, 0.2) is 5.92 Å². The third kappa shape index (κ3) is 2.56. The van der Waals surface area contributed by atoms with E-state index < -0.39 is 17.9 Å². The van der Waals surface area contributed by atoms with Crippen LogP contribution in [0.5, 0.6) is 0 Å². The molecule has 1 aliphatic heterocycles. The Kier molecular flexibility index (Phi) is 3.72. The molecule has 0 saturated carbocycles. The molecular formula is C13H13NO4. The maximum Gasteiger partial charge on any atom is 0.355 e. The molecule has 0 amide bonds. The summed E-state index contributed by atoms with van der Waals surface area (Å²) < 4.78 is 4.84. The molecule has 5 heteroatoms. The first kappa shape index (κ1) is 12.3. The summed E-state index contributed by atoms with van der Waals surface area (Å²) in [5, 5.41) is 3.66. The van der Waals surface area contributed by atoms with E-state index in [4.69, 9.17) is 4.74 Å². The second-order valence-corrected chi connectivity index (χ2v) is 3.84. The van der Waals surface area contributed by atoms with Gasteiger partial charge in [-0.2, -0.15) is 0 Å². The number of benzene rings is 1. The van der Waals surface area contributed by atoms with Crippen LogP contribution in [-0.4, -0.2) is 24.3 Å². The highest BCUT2D eigenvalue weighted by molar-refractivity contribution is 6.19. The van der Waals surface area contributed by atoms with E-state index in [1.165, 1.54) is 0 Å². The lowest BCUT2D eigenvalue weighted by molar-refractivity contribution is -0.155. The van der Waals surface area contributed by atoms with Gasteiger partial charge in [-0.3, -0.25) is 4.79 Å². The molecule has 0 spiro atoms. The lowest BCUT2D eigenvalue weighted by Crippen LogP contribution is -2.30. The number of rotatable bonds is 4. The Balaban J connectivity index is 2.12. The van der Waals surface area contributed by atoms with Gasteiger partial charge in [-0.25, -0.2) is 4.79 Å². The Morgan fingerprint density at radius 1 is 1.39 bits per heavy atom. The topological polar surface area (TPSA) is 65.0 Å². The van der Waals surface area contributed by atoms with Gasteiger partial charge in [-0.15, -0.1) is 0 Å². The van der Waals surface area contributed by atoms with Gasteiger partial charge in [-0.1, -0.05) is 35.5 Å². The fourth-order valence-corrected chi connectivity index (χ4v) is 1.74. The van der Waals surface area contributed by atoms with Gasteiger partial charge >= 0.3 is 11.9 Å². The van der Waals surface area contributed by atoms with Crippen LogP contribution in [0.4, 0.5) is 0 Å². The highest BCUT2D eigenvalue weighted by atomic mass is 16.7. The van der Waals surface area contributed by atoms with Crippen molar-refractivity contribution in [1.82, 2.24) is 0 Å². The third-order valence-corrected chi connectivity index (χ3v) is 2.57. The van der Waals surface area contributed by atoms with Crippen molar-refractivity contribution >= 4 is 17.7 Å². The highest BCUT2D eigenvalue weighted by Gasteiger charge is 2.40. The maximum atomic E-state index is 11.7. The number of carbonyl (C=O) groups excluding carboxylic acids is 2. The normalized spacial score (nSPS) is 18.2. The van der Waals surface area contributed by atoms with Crippen molar-refractivity contribution in [3.63, 3.8) is 0 Å². The van der Waals surface area contributed by atoms with Crippen LogP contribution < -0.4 is 0 Å². The van der Waals surface area contributed by atoms with E-state index in [1.54, 1.807) is 6.92 Å². The fraction of sp³-hybridized carbons (Fsp3) is 0.308. The molecule has 1 aromatic carbocycles. The first-order valence-electron chi connectivity index (χ1n) is 5.70. The summed E-state index contributed by atoms with van der Waals surface area (Å²) in [6.07, 6.45) is 0.399. The Labute approximate surface area is 104 Å². The van der Waals surface area contributed by atoms with Crippen LogP contribution in [-0.2, 0) is 25.6 Å². The zero-order chi connectivity index (χ0) is 13.0. The van der Waals surface area contributed by atoms with Crippen molar-refractivity contribution in [3.05, 3.63) is 35.9 Å². The number of hydrogen-bond donors (Lipinski definition) is 0. The summed E-state index contributed by atoms with van der Waals surface area (Å²) in [7, 11) is 0. The molecular weight excluding hydrogens is 234 g/mol. The smallest absolute Gasteiger partial charge is 0.355 e. The minimum atomic E-state index is -1.02. The number of ether oxygens (including phenoxy) is 1. The molecule has 2 rings (SSSR count). The van der Waals surface area contributed by atoms with E-state index >= 15 is 0 Å². The Bertz CT molecular complexity index is 481. The van der Waals surface area contributed by atoms with Crippen LogP contribution in [0.15, 0.2) is 35.5 Å². The average molecular weight is 247 g/mol. The first-order valence-corrected chi connectivity index (χ1v) is 5.70. The Morgan fingerprint density at radius 3 is 2.78 bits per heavy atom. The van der Waals surface area contributed by atoms with Gasteiger partial charge in [0.1, 0.15) is 0 Å². The van der Waals surface area contributed by atoms with Gasteiger partial charge < -0.3 is 9.57 Å². The molecule has 0 bridgehead atoms. The largest absolute Gasteiger partial charge is 0.465 e. The zero-order valence-corrected chi connectivity index (χ0v) is 9.96. The van der Waals surface area contributed by atoms with E-state index in [-0.39, 0.29) is 6.61 Å². The Morgan fingerprint density at radius 2 is 2.11 bits per heavy atom. The van der Waals surface area contributed by atoms with E-state index in [0.29, 0.717) is 12.1 Å². The van der Waals surface area contributed by atoms with Crippen LogP contribution in [0.2, 0.25) is 0 Å². The van der Waals surface area contributed by atoms with Crippen LogP contribution in [0, 0.1) is 5.92 Å². The molecule has 0 radical (unpaired) electrons. The summed E-state index contributed by atoms with van der Waals surface area (Å²) in [5.41, 5.74) is 1.36. The lowest BCUT2D eigenvalue weighted by Gasteiger charge is -2.08. The molecule has 1 aliphatic rings. The summed E-state index contributed by atoms with van der Waals surface area (Å²) in [5.74, 6) is -2.29. The molecule has 1 atom stereocenters. The number of esters is 1. The van der Waals surface area contributed by atoms with Crippen molar-refractivity contribution in [2.45, 2.75) is 13.3 Å². The maximum absolute atomic E-state index is 11.7. The number of nitrogens with zero attached hydrogens (tertiary/aromatic N) is 1. The molecule has 5 nitrogen and oxygen atoms in total. The molecule has 1 aromatic rings. The Hall–Kier alpha value is -2.17. The van der Waals surface area contributed by atoms with Gasteiger partial charge in [-0.05, 0) is 12.5 Å². The van der Waals surface area contributed by atoms with E-state index in [9.17, 15) is 9.59 Å². The lowest BCUT2D eigenvalue weighted by atomic mass is 9.98. The quantitative estimate of drug-likeness (QED) is 0.457. The molecule has 0 N–H and O–H groups in total. The predicted molar refractivity (Wildman–Crippen MR) is 63.8 cm³/mol. The number of oxime groups is 1. The first-order chi connectivity index (χ1) is 8.72. The zero-order valence-electron chi connectivity index (χ0n) is 9.96. The van der Waals surface area contributed by atoms with Crippen LogP contribution >= 0.6 is 0 Å². The average Bonchev–Trinajstić information content (AvgIpc) is 2.72. The molecule has 0 aromatic heterocycles. The van der Waals surface area contributed by atoms with Gasteiger partial charge in [0, 0.05) is 6.42 Å². The highest BCUT2D eigenvalue weighted by Crippen LogP contribution is 2.17.